The third kappa shape index (κ3) is 6.68. The second-order valence-electron chi connectivity index (χ2n) is 3.03. The third-order valence-electron chi connectivity index (χ3n) is 1.97. The predicted octanol–water partition coefficient (Wildman–Crippen LogP) is 0.113. The SMILES string of the molecule is CCC(CCO)CNC(=O)OCCO. The highest BCUT2D eigenvalue weighted by Gasteiger charge is 2.08. The summed E-state index contributed by atoms with van der Waals surface area (Å²) < 4.78 is 4.60. The van der Waals surface area contributed by atoms with Crippen LogP contribution in [0.3, 0.4) is 0 Å². The van der Waals surface area contributed by atoms with E-state index >= 15 is 0 Å². The minimum atomic E-state index is -0.518. The fourth-order valence-electron chi connectivity index (χ4n) is 1.05. The van der Waals surface area contributed by atoms with Crippen LogP contribution in [0.4, 0.5) is 4.79 Å². The number of hydrogen-bond donors (Lipinski definition) is 3. The molecule has 5 nitrogen and oxygen atoms in total. The summed E-state index contributed by atoms with van der Waals surface area (Å²) in [5.74, 6) is 0.279. The molecule has 1 unspecified atom stereocenters. The molecule has 0 aliphatic rings. The number of aliphatic hydroxyl groups is 2. The topological polar surface area (TPSA) is 78.8 Å². The van der Waals surface area contributed by atoms with Gasteiger partial charge in [0.2, 0.25) is 0 Å². The molecule has 14 heavy (non-hydrogen) atoms. The van der Waals surface area contributed by atoms with E-state index in [1.165, 1.54) is 0 Å². The molecule has 0 aromatic carbocycles. The molecule has 0 aliphatic carbocycles. The van der Waals surface area contributed by atoms with Crippen molar-refractivity contribution < 1.29 is 19.7 Å². The average molecular weight is 205 g/mol. The summed E-state index contributed by atoms with van der Waals surface area (Å²) in [7, 11) is 0. The van der Waals surface area contributed by atoms with Crippen LogP contribution in [0.25, 0.3) is 0 Å². The van der Waals surface area contributed by atoms with Crippen molar-refractivity contribution in [2.45, 2.75) is 19.8 Å². The Hall–Kier alpha value is -0.810. The Balaban J connectivity index is 3.52. The summed E-state index contributed by atoms with van der Waals surface area (Å²) in [5.41, 5.74) is 0. The molecule has 1 atom stereocenters. The number of rotatable bonds is 7. The molecule has 0 aromatic heterocycles. The zero-order valence-electron chi connectivity index (χ0n) is 8.53. The highest BCUT2D eigenvalue weighted by molar-refractivity contribution is 5.67. The highest BCUT2D eigenvalue weighted by atomic mass is 16.6. The highest BCUT2D eigenvalue weighted by Crippen LogP contribution is 2.05. The molecule has 0 rings (SSSR count). The number of amides is 1. The molecule has 0 spiro atoms. The zero-order chi connectivity index (χ0) is 10.8. The van der Waals surface area contributed by atoms with Crippen LogP contribution >= 0.6 is 0 Å². The standard InChI is InChI=1S/C9H19NO4/c1-2-8(3-4-11)7-10-9(13)14-6-5-12/h8,11-12H,2-7H2,1H3,(H,10,13). The molecule has 0 radical (unpaired) electrons. The Morgan fingerprint density at radius 1 is 1.43 bits per heavy atom. The molecule has 0 saturated heterocycles. The third-order valence-corrected chi connectivity index (χ3v) is 1.97. The zero-order valence-corrected chi connectivity index (χ0v) is 8.53. The maximum Gasteiger partial charge on any atom is 0.407 e. The fraction of sp³-hybridized carbons (Fsp3) is 0.889. The van der Waals surface area contributed by atoms with Crippen molar-refractivity contribution in [1.29, 1.82) is 0 Å². The lowest BCUT2D eigenvalue weighted by Gasteiger charge is -2.13. The van der Waals surface area contributed by atoms with E-state index in [9.17, 15) is 4.79 Å². The summed E-state index contributed by atoms with van der Waals surface area (Å²) >= 11 is 0. The normalized spacial score (nSPS) is 12.2. The minimum absolute atomic E-state index is 0.0165. The molecule has 5 heteroatoms. The Bertz CT molecular complexity index is 152. The summed E-state index contributed by atoms with van der Waals surface area (Å²) in [5, 5.41) is 19.7. The largest absolute Gasteiger partial charge is 0.447 e. The van der Waals surface area contributed by atoms with Crippen LogP contribution in [-0.4, -0.2) is 42.7 Å². The van der Waals surface area contributed by atoms with Crippen LogP contribution < -0.4 is 5.32 Å². The van der Waals surface area contributed by atoms with E-state index in [4.69, 9.17) is 10.2 Å². The van der Waals surface area contributed by atoms with E-state index in [2.05, 4.69) is 10.1 Å². The van der Waals surface area contributed by atoms with Crippen molar-refractivity contribution in [2.75, 3.05) is 26.4 Å². The minimum Gasteiger partial charge on any atom is -0.447 e. The second-order valence-corrected chi connectivity index (χ2v) is 3.03. The second kappa shape index (κ2) is 8.77. The van der Waals surface area contributed by atoms with Crippen molar-refractivity contribution in [1.82, 2.24) is 5.32 Å². The van der Waals surface area contributed by atoms with Gasteiger partial charge in [-0.2, -0.15) is 0 Å². The van der Waals surface area contributed by atoms with Gasteiger partial charge in [-0.3, -0.25) is 0 Å². The maximum atomic E-state index is 10.9. The lowest BCUT2D eigenvalue weighted by atomic mass is 10.0. The van der Waals surface area contributed by atoms with E-state index in [0.29, 0.717) is 13.0 Å². The smallest absolute Gasteiger partial charge is 0.407 e. The van der Waals surface area contributed by atoms with Crippen molar-refractivity contribution in [2.24, 2.45) is 5.92 Å². The average Bonchev–Trinajstić information content (AvgIpc) is 2.21. The van der Waals surface area contributed by atoms with Gasteiger partial charge in [0.1, 0.15) is 6.61 Å². The Morgan fingerprint density at radius 2 is 2.14 bits per heavy atom. The predicted molar refractivity (Wildman–Crippen MR) is 51.9 cm³/mol. The lowest BCUT2D eigenvalue weighted by molar-refractivity contribution is 0.117. The molecule has 0 aromatic rings. The van der Waals surface area contributed by atoms with E-state index in [0.717, 1.165) is 6.42 Å². The number of nitrogens with one attached hydrogen (secondary N) is 1. The van der Waals surface area contributed by atoms with Gasteiger partial charge in [-0.15, -0.1) is 0 Å². The van der Waals surface area contributed by atoms with Crippen LogP contribution in [0.5, 0.6) is 0 Å². The van der Waals surface area contributed by atoms with Crippen LogP contribution in [-0.2, 0) is 4.74 Å². The van der Waals surface area contributed by atoms with E-state index in [1.54, 1.807) is 0 Å². The Labute approximate surface area is 84.1 Å². The van der Waals surface area contributed by atoms with Crippen LogP contribution in [0.1, 0.15) is 19.8 Å². The number of aliphatic hydroxyl groups excluding tert-OH is 2. The molecule has 1 amide bonds. The summed E-state index contributed by atoms with van der Waals surface area (Å²) in [6, 6.07) is 0. The summed E-state index contributed by atoms with van der Waals surface area (Å²) in [6.07, 6.45) is 1.06. The molecule has 0 aliphatic heterocycles. The molecule has 0 heterocycles. The maximum absolute atomic E-state index is 10.9. The van der Waals surface area contributed by atoms with Gasteiger partial charge in [-0.25, -0.2) is 4.79 Å². The molecular weight excluding hydrogens is 186 g/mol. The van der Waals surface area contributed by atoms with E-state index < -0.39 is 6.09 Å². The number of hydrogen-bond acceptors (Lipinski definition) is 4. The number of carbonyl (C=O) groups is 1. The summed E-state index contributed by atoms with van der Waals surface area (Å²) in [4.78, 5) is 10.9. The van der Waals surface area contributed by atoms with E-state index in [-0.39, 0.29) is 25.7 Å². The van der Waals surface area contributed by atoms with Gasteiger partial charge in [0.15, 0.2) is 0 Å². The van der Waals surface area contributed by atoms with Crippen molar-refractivity contribution in [3.8, 4) is 0 Å². The lowest BCUT2D eigenvalue weighted by Crippen LogP contribution is -2.30. The molecular formula is C9H19NO4. The van der Waals surface area contributed by atoms with Gasteiger partial charge in [0, 0.05) is 13.2 Å². The van der Waals surface area contributed by atoms with Gasteiger partial charge >= 0.3 is 6.09 Å². The fourth-order valence-corrected chi connectivity index (χ4v) is 1.05. The Morgan fingerprint density at radius 3 is 2.64 bits per heavy atom. The molecule has 3 N–H and O–H groups in total. The van der Waals surface area contributed by atoms with Crippen LogP contribution in [0.15, 0.2) is 0 Å². The first-order chi connectivity index (χ1) is 6.74. The van der Waals surface area contributed by atoms with Crippen molar-refractivity contribution in [3.05, 3.63) is 0 Å². The number of ether oxygens (including phenoxy) is 1. The summed E-state index contributed by atoms with van der Waals surface area (Å²) in [6.45, 7) is 2.48. The molecule has 0 fully saturated rings. The van der Waals surface area contributed by atoms with Gasteiger partial charge < -0.3 is 20.3 Å². The van der Waals surface area contributed by atoms with Crippen LogP contribution in [0.2, 0.25) is 0 Å². The van der Waals surface area contributed by atoms with Gasteiger partial charge in [-0.1, -0.05) is 13.3 Å². The van der Waals surface area contributed by atoms with Gasteiger partial charge in [0.05, 0.1) is 6.61 Å². The monoisotopic (exact) mass is 205 g/mol. The Kier molecular flexibility index (Phi) is 8.27. The first kappa shape index (κ1) is 13.2. The van der Waals surface area contributed by atoms with Gasteiger partial charge in [-0.05, 0) is 12.3 Å². The first-order valence-corrected chi connectivity index (χ1v) is 4.86. The quantitative estimate of drug-likeness (QED) is 0.551. The first-order valence-electron chi connectivity index (χ1n) is 4.86. The van der Waals surface area contributed by atoms with Gasteiger partial charge in [0.25, 0.3) is 0 Å². The number of carbonyl (C=O) groups excluding carboxylic acids is 1. The number of alkyl carbamates (subject to hydrolysis) is 1. The van der Waals surface area contributed by atoms with Crippen molar-refractivity contribution >= 4 is 6.09 Å². The van der Waals surface area contributed by atoms with Crippen molar-refractivity contribution in [3.63, 3.8) is 0 Å². The molecule has 84 valence electrons. The van der Waals surface area contributed by atoms with E-state index in [1.807, 2.05) is 6.92 Å². The molecule has 0 saturated carbocycles. The van der Waals surface area contributed by atoms with Crippen LogP contribution in [0, 0.1) is 5.92 Å². The molecule has 0 bridgehead atoms.